The average Bonchev–Trinajstić information content (AvgIpc) is 3.60. The average molecular weight is 579 g/mol. The van der Waals surface area contributed by atoms with E-state index in [1.165, 1.54) is 30.2 Å². The lowest BCUT2D eigenvalue weighted by atomic mass is 9.78. The van der Waals surface area contributed by atoms with Crippen LogP contribution >= 0.6 is 23.1 Å². The van der Waals surface area contributed by atoms with Crippen LogP contribution in [0.15, 0.2) is 61.8 Å². The van der Waals surface area contributed by atoms with Crippen LogP contribution < -0.4 is 25.4 Å². The van der Waals surface area contributed by atoms with Crippen molar-refractivity contribution in [3.05, 3.63) is 64.5 Å². The molecule has 0 spiro atoms. The summed E-state index contributed by atoms with van der Waals surface area (Å²) < 4.78 is 16.9. The Morgan fingerprint density at radius 1 is 1.27 bits per heavy atom. The number of ketones is 1. The summed E-state index contributed by atoms with van der Waals surface area (Å²) in [5, 5.41) is 21.9. The number of aryl methyl sites for hydroxylation is 1. The molecule has 0 radical (unpaired) electrons. The molecule has 0 saturated carbocycles. The molecule has 3 aromatic rings. The number of Topliss-reactive ketones (excluding diaryl/α,β-unsaturated/α-hetero) is 1. The lowest BCUT2D eigenvalue weighted by molar-refractivity contribution is -0.116. The number of nitrogens with one attached hydrogen (secondary N) is 1. The van der Waals surface area contributed by atoms with Gasteiger partial charge in [0.05, 0.1) is 43.2 Å². The normalized spacial score (nSPS) is 17.0. The minimum absolute atomic E-state index is 0.0460. The van der Waals surface area contributed by atoms with Crippen LogP contribution in [0, 0.1) is 18.3 Å². The fourth-order valence-electron chi connectivity index (χ4n) is 4.76. The number of benzene rings is 1. The van der Waals surface area contributed by atoms with E-state index in [9.17, 15) is 14.9 Å². The predicted octanol–water partition coefficient (Wildman–Crippen LogP) is 4.49. The van der Waals surface area contributed by atoms with Crippen molar-refractivity contribution in [3.8, 4) is 17.6 Å². The first-order valence-corrected chi connectivity index (χ1v) is 14.2. The zero-order chi connectivity index (χ0) is 28.4. The van der Waals surface area contributed by atoms with Gasteiger partial charge in [0.1, 0.15) is 28.8 Å². The highest BCUT2D eigenvalue weighted by molar-refractivity contribution is 8.01. The highest BCUT2D eigenvalue weighted by Crippen LogP contribution is 2.47. The van der Waals surface area contributed by atoms with Crippen LogP contribution in [0.1, 0.15) is 36.7 Å². The summed E-state index contributed by atoms with van der Waals surface area (Å²) in [4.78, 5) is 27.5. The smallest absolute Gasteiger partial charge is 0.234 e. The number of aromatic nitrogens is 2. The highest BCUT2D eigenvalue weighted by Gasteiger charge is 2.42. The highest BCUT2D eigenvalue weighted by atomic mass is 32.2. The number of ether oxygens (including phenoxy) is 2. The van der Waals surface area contributed by atoms with E-state index in [0.29, 0.717) is 68.7 Å². The maximum absolute atomic E-state index is 13.2. The van der Waals surface area contributed by atoms with Crippen molar-refractivity contribution in [3.63, 3.8) is 0 Å². The second kappa shape index (κ2) is 11.4. The first-order chi connectivity index (χ1) is 19.3. The molecule has 0 fully saturated rings. The molecule has 11 nitrogen and oxygen atoms in total. The summed E-state index contributed by atoms with van der Waals surface area (Å²) in [6, 6.07) is 10.9. The lowest BCUT2D eigenvalue weighted by Crippen LogP contribution is -2.38. The quantitative estimate of drug-likeness (QED) is 0.363. The molecule has 0 bridgehead atoms. The Hall–Kier alpha value is -4.28. The van der Waals surface area contributed by atoms with Crippen LogP contribution in [0.3, 0.4) is 0 Å². The Bertz CT molecular complexity index is 1580. The number of furan rings is 1. The summed E-state index contributed by atoms with van der Waals surface area (Å²) >= 11 is 2.44. The summed E-state index contributed by atoms with van der Waals surface area (Å²) in [7, 11) is 3.06. The first-order valence-electron chi connectivity index (χ1n) is 12.3. The molecule has 1 aromatic carbocycles. The standard InChI is InChI=1S/C27H26N6O5S2/c1-14-7-10-20(38-14)23-16(12-28)25(29)33(18-5-4-6-19(34)24(18)23)26-31-32-27(40-26)39-13-22(35)30-17-9-8-15(36-2)11-21(17)37-3/h7-11,23H,4-6,13,29H2,1-3H3,(H,30,35). The third-order valence-electron chi connectivity index (χ3n) is 6.56. The number of hydrogen-bond acceptors (Lipinski definition) is 12. The summed E-state index contributed by atoms with van der Waals surface area (Å²) in [6.07, 6.45) is 1.63. The van der Waals surface area contributed by atoms with Gasteiger partial charge in [-0.1, -0.05) is 23.1 Å². The van der Waals surface area contributed by atoms with Gasteiger partial charge in [-0.25, -0.2) is 0 Å². The molecule has 2 aromatic heterocycles. The molecule has 3 heterocycles. The predicted molar refractivity (Wildman–Crippen MR) is 150 cm³/mol. The summed E-state index contributed by atoms with van der Waals surface area (Å²) in [6.45, 7) is 1.81. The molecule has 1 aliphatic heterocycles. The maximum Gasteiger partial charge on any atom is 0.234 e. The Balaban J connectivity index is 1.37. The number of carbonyl (C=O) groups excluding carboxylic acids is 2. The van der Waals surface area contributed by atoms with Crippen LogP contribution in [-0.4, -0.2) is 41.9 Å². The van der Waals surface area contributed by atoms with Crippen molar-refractivity contribution in [2.75, 3.05) is 30.2 Å². The fourth-order valence-corrected chi connectivity index (χ4v) is 6.45. The maximum atomic E-state index is 13.2. The van der Waals surface area contributed by atoms with E-state index in [1.54, 1.807) is 42.3 Å². The van der Waals surface area contributed by atoms with Gasteiger partial charge in [0.2, 0.25) is 11.0 Å². The van der Waals surface area contributed by atoms with Gasteiger partial charge in [-0.05, 0) is 44.0 Å². The van der Waals surface area contributed by atoms with E-state index in [4.69, 9.17) is 19.6 Å². The molecule has 1 atom stereocenters. The monoisotopic (exact) mass is 578 g/mol. The molecule has 3 N–H and O–H groups in total. The molecular weight excluding hydrogens is 552 g/mol. The topological polar surface area (TPSA) is 157 Å². The number of hydrogen-bond donors (Lipinski definition) is 2. The summed E-state index contributed by atoms with van der Waals surface area (Å²) in [5.41, 5.74) is 8.50. The van der Waals surface area contributed by atoms with E-state index < -0.39 is 5.92 Å². The number of nitrogens with two attached hydrogens (primary N) is 1. The van der Waals surface area contributed by atoms with Gasteiger partial charge in [0, 0.05) is 23.8 Å². The largest absolute Gasteiger partial charge is 0.497 e. The molecule has 5 rings (SSSR count). The van der Waals surface area contributed by atoms with Crippen LogP contribution in [0.5, 0.6) is 11.5 Å². The van der Waals surface area contributed by atoms with Gasteiger partial charge in [-0.3, -0.25) is 14.5 Å². The Morgan fingerprint density at radius 3 is 2.80 bits per heavy atom. The first kappa shape index (κ1) is 27.3. The number of nitriles is 1. The minimum Gasteiger partial charge on any atom is -0.497 e. The Labute approximate surface area is 238 Å². The summed E-state index contributed by atoms with van der Waals surface area (Å²) in [5.74, 6) is 1.57. The number of thioether (sulfide) groups is 1. The van der Waals surface area contributed by atoms with E-state index in [1.807, 2.05) is 6.92 Å². The van der Waals surface area contributed by atoms with Crippen molar-refractivity contribution < 1.29 is 23.5 Å². The van der Waals surface area contributed by atoms with Crippen LogP contribution in [0.4, 0.5) is 10.8 Å². The van der Waals surface area contributed by atoms with Gasteiger partial charge < -0.3 is 24.9 Å². The zero-order valence-corrected chi connectivity index (χ0v) is 23.6. The van der Waals surface area contributed by atoms with Crippen molar-refractivity contribution in [1.82, 2.24) is 10.2 Å². The van der Waals surface area contributed by atoms with Gasteiger partial charge >= 0.3 is 0 Å². The van der Waals surface area contributed by atoms with Crippen molar-refractivity contribution in [2.45, 2.75) is 36.4 Å². The molecule has 1 amide bonds. The van der Waals surface area contributed by atoms with E-state index in [2.05, 4.69) is 21.6 Å². The molecule has 206 valence electrons. The van der Waals surface area contributed by atoms with Gasteiger partial charge in [-0.2, -0.15) is 5.26 Å². The number of allylic oxidation sites excluding steroid dienone is 3. The molecule has 1 unspecified atom stereocenters. The lowest BCUT2D eigenvalue weighted by Gasteiger charge is -2.37. The second-order valence-electron chi connectivity index (χ2n) is 9.02. The number of rotatable bonds is 8. The second-order valence-corrected chi connectivity index (χ2v) is 11.2. The molecule has 40 heavy (non-hydrogen) atoms. The molecule has 2 aliphatic rings. The Morgan fingerprint density at radius 2 is 2.10 bits per heavy atom. The SMILES string of the molecule is COc1ccc(NC(=O)CSc2nnc(N3C(N)=C(C#N)C(c4ccc(C)o4)C4=C3CCCC4=O)s2)c(OC)c1. The third-order valence-corrected chi connectivity index (χ3v) is 8.60. The van der Waals surface area contributed by atoms with Crippen LogP contribution in [-0.2, 0) is 9.59 Å². The van der Waals surface area contributed by atoms with E-state index in [0.717, 1.165) is 0 Å². The van der Waals surface area contributed by atoms with Crippen molar-refractivity contribution in [1.29, 1.82) is 5.26 Å². The van der Waals surface area contributed by atoms with Crippen LogP contribution in [0.25, 0.3) is 0 Å². The molecule has 1 aliphatic carbocycles. The molecule has 13 heteroatoms. The van der Waals surface area contributed by atoms with E-state index >= 15 is 0 Å². The Kier molecular flexibility index (Phi) is 7.81. The zero-order valence-electron chi connectivity index (χ0n) is 22.0. The van der Waals surface area contributed by atoms with Crippen molar-refractivity contribution in [2.24, 2.45) is 5.73 Å². The minimum atomic E-state index is -0.668. The van der Waals surface area contributed by atoms with Gasteiger partial charge in [0.25, 0.3) is 0 Å². The number of carbonyl (C=O) groups is 2. The van der Waals surface area contributed by atoms with Crippen LogP contribution in [0.2, 0.25) is 0 Å². The van der Waals surface area contributed by atoms with Crippen molar-refractivity contribution >= 4 is 45.6 Å². The molecular formula is C27H26N6O5S2. The number of nitrogens with zero attached hydrogens (tertiary/aromatic N) is 4. The fraction of sp³-hybridized carbons (Fsp3) is 0.296. The molecule has 0 saturated heterocycles. The van der Waals surface area contributed by atoms with E-state index in [-0.39, 0.29) is 28.8 Å². The number of amides is 1. The third kappa shape index (κ3) is 5.15. The van der Waals surface area contributed by atoms with Gasteiger partial charge in [0.15, 0.2) is 10.1 Å². The number of anilines is 2. The number of methoxy groups -OCH3 is 2. The van der Waals surface area contributed by atoms with Gasteiger partial charge in [-0.15, -0.1) is 10.2 Å².